The Kier molecular flexibility index (Phi) is 4.37. The van der Waals surface area contributed by atoms with Gasteiger partial charge in [0.1, 0.15) is 5.82 Å². The summed E-state index contributed by atoms with van der Waals surface area (Å²) >= 11 is 5.69. The highest BCUT2D eigenvalue weighted by Gasteiger charge is 2.20. The Bertz CT molecular complexity index is 378. The summed E-state index contributed by atoms with van der Waals surface area (Å²) in [4.78, 5) is 0. The van der Waals surface area contributed by atoms with Gasteiger partial charge in [0.15, 0.2) is 0 Å². The van der Waals surface area contributed by atoms with Gasteiger partial charge in [0.25, 0.3) is 0 Å². The lowest BCUT2D eigenvalue weighted by atomic mass is 9.96. The number of hydrogen-bond donors (Lipinski definition) is 1. The molecule has 0 radical (unpaired) electrons. The van der Waals surface area contributed by atoms with Crippen LogP contribution in [0.25, 0.3) is 0 Å². The van der Waals surface area contributed by atoms with E-state index in [1.165, 1.54) is 6.07 Å². The zero-order valence-electron chi connectivity index (χ0n) is 9.53. The molecule has 2 nitrogen and oxygen atoms in total. The summed E-state index contributed by atoms with van der Waals surface area (Å²) in [5.74, 6) is -0.0249. The van der Waals surface area contributed by atoms with E-state index in [2.05, 4.69) is 0 Å². The summed E-state index contributed by atoms with van der Waals surface area (Å²) in [6, 6.07) is 4.87. The minimum atomic E-state index is -0.533. The summed E-state index contributed by atoms with van der Waals surface area (Å²) in [5.41, 5.74) is 0.476. The first-order valence-corrected chi connectivity index (χ1v) is 6.23. The molecule has 1 aliphatic heterocycles. The Balaban J connectivity index is 1.93. The molecular formula is C13H16ClFO2. The van der Waals surface area contributed by atoms with Gasteiger partial charge in [-0.05, 0) is 30.4 Å². The Morgan fingerprint density at radius 2 is 2.35 bits per heavy atom. The van der Waals surface area contributed by atoms with Crippen molar-refractivity contribution in [3.8, 4) is 0 Å². The first kappa shape index (κ1) is 12.8. The van der Waals surface area contributed by atoms with E-state index in [0.29, 0.717) is 30.9 Å². The van der Waals surface area contributed by atoms with Crippen molar-refractivity contribution in [3.63, 3.8) is 0 Å². The van der Waals surface area contributed by atoms with Gasteiger partial charge in [0, 0.05) is 19.6 Å². The zero-order valence-corrected chi connectivity index (χ0v) is 10.3. The molecule has 2 unspecified atom stereocenters. The van der Waals surface area contributed by atoms with E-state index >= 15 is 0 Å². The van der Waals surface area contributed by atoms with Crippen molar-refractivity contribution in [3.05, 3.63) is 34.6 Å². The summed E-state index contributed by atoms with van der Waals surface area (Å²) in [7, 11) is 0. The lowest BCUT2D eigenvalue weighted by molar-refractivity contribution is 0.128. The van der Waals surface area contributed by atoms with Gasteiger partial charge in [-0.2, -0.15) is 0 Å². The Hall–Kier alpha value is -0.640. The van der Waals surface area contributed by atoms with E-state index < -0.39 is 11.9 Å². The highest BCUT2D eigenvalue weighted by Crippen LogP contribution is 2.23. The summed E-state index contributed by atoms with van der Waals surface area (Å²) in [6.45, 7) is 1.47. The van der Waals surface area contributed by atoms with Crippen LogP contribution in [0.15, 0.2) is 18.2 Å². The average molecular weight is 259 g/mol. The monoisotopic (exact) mass is 258 g/mol. The van der Waals surface area contributed by atoms with Crippen molar-refractivity contribution in [1.82, 2.24) is 0 Å². The molecule has 1 saturated heterocycles. The molecule has 1 N–H and O–H groups in total. The summed E-state index contributed by atoms with van der Waals surface area (Å²) < 4.78 is 18.9. The van der Waals surface area contributed by atoms with Crippen LogP contribution in [-0.2, 0) is 11.2 Å². The van der Waals surface area contributed by atoms with Crippen LogP contribution >= 0.6 is 11.6 Å². The minimum absolute atomic E-state index is 0.110. The van der Waals surface area contributed by atoms with Crippen LogP contribution in [-0.4, -0.2) is 24.4 Å². The molecule has 1 heterocycles. The van der Waals surface area contributed by atoms with Gasteiger partial charge < -0.3 is 9.84 Å². The molecule has 0 saturated carbocycles. The van der Waals surface area contributed by atoms with Crippen molar-refractivity contribution in [2.75, 3.05) is 13.2 Å². The maximum atomic E-state index is 13.6. The maximum absolute atomic E-state index is 13.6. The lowest BCUT2D eigenvalue weighted by Crippen LogP contribution is -2.17. The molecule has 0 amide bonds. The number of halogens is 2. The van der Waals surface area contributed by atoms with Crippen LogP contribution in [0, 0.1) is 11.7 Å². The van der Waals surface area contributed by atoms with Crippen molar-refractivity contribution in [2.45, 2.75) is 25.4 Å². The van der Waals surface area contributed by atoms with Gasteiger partial charge in [-0.25, -0.2) is 4.39 Å². The highest BCUT2D eigenvalue weighted by molar-refractivity contribution is 6.30. The fraction of sp³-hybridized carbons (Fsp3) is 0.538. The van der Waals surface area contributed by atoms with Crippen molar-refractivity contribution < 1.29 is 14.2 Å². The Labute approximate surface area is 105 Å². The normalized spacial score (nSPS) is 21.7. The molecule has 0 bridgehead atoms. The molecule has 2 atom stereocenters. The van der Waals surface area contributed by atoms with Crippen molar-refractivity contribution >= 4 is 11.6 Å². The number of ether oxygens (including phenoxy) is 1. The largest absolute Gasteiger partial charge is 0.393 e. The molecule has 1 aromatic rings. The standard InChI is InChI=1S/C13H16ClFO2/c14-12-3-1-2-10(13(12)15)7-11(16)6-9-4-5-17-8-9/h1-3,9,11,16H,4-8H2. The maximum Gasteiger partial charge on any atom is 0.145 e. The predicted octanol–water partition coefficient (Wildman–Crippen LogP) is 2.81. The number of aliphatic hydroxyl groups is 1. The minimum Gasteiger partial charge on any atom is -0.393 e. The predicted molar refractivity (Wildman–Crippen MR) is 64.7 cm³/mol. The first-order valence-electron chi connectivity index (χ1n) is 5.85. The number of hydrogen-bond acceptors (Lipinski definition) is 2. The molecule has 17 heavy (non-hydrogen) atoms. The van der Waals surface area contributed by atoms with E-state index in [-0.39, 0.29) is 5.02 Å². The van der Waals surface area contributed by atoms with Gasteiger partial charge >= 0.3 is 0 Å². The third-order valence-electron chi connectivity index (χ3n) is 3.12. The van der Waals surface area contributed by atoms with Crippen LogP contribution in [0.1, 0.15) is 18.4 Å². The van der Waals surface area contributed by atoms with Crippen molar-refractivity contribution in [1.29, 1.82) is 0 Å². The van der Waals surface area contributed by atoms with E-state index in [1.54, 1.807) is 12.1 Å². The third kappa shape index (κ3) is 3.41. The molecule has 1 aliphatic rings. The van der Waals surface area contributed by atoms with E-state index in [1.807, 2.05) is 0 Å². The molecule has 2 rings (SSSR count). The molecule has 0 aliphatic carbocycles. The molecule has 1 aromatic carbocycles. The van der Waals surface area contributed by atoms with Gasteiger partial charge in [0.2, 0.25) is 0 Å². The number of aliphatic hydroxyl groups excluding tert-OH is 1. The van der Waals surface area contributed by atoms with Crippen molar-refractivity contribution in [2.24, 2.45) is 5.92 Å². The summed E-state index contributed by atoms with van der Waals surface area (Å²) in [5, 5.41) is 10.0. The SMILES string of the molecule is OC(Cc1cccc(Cl)c1F)CC1CCOC1. The van der Waals surface area contributed by atoms with E-state index in [0.717, 1.165) is 13.0 Å². The van der Waals surface area contributed by atoms with E-state index in [4.69, 9.17) is 16.3 Å². The van der Waals surface area contributed by atoms with Gasteiger partial charge in [-0.3, -0.25) is 0 Å². The van der Waals surface area contributed by atoms with Crippen LogP contribution in [0.2, 0.25) is 5.02 Å². The lowest BCUT2D eigenvalue weighted by Gasteiger charge is -2.15. The zero-order chi connectivity index (χ0) is 12.3. The van der Waals surface area contributed by atoms with E-state index in [9.17, 15) is 9.50 Å². The van der Waals surface area contributed by atoms with Crippen LogP contribution in [0.5, 0.6) is 0 Å². The van der Waals surface area contributed by atoms with Gasteiger partial charge in [-0.15, -0.1) is 0 Å². The second-order valence-corrected chi connectivity index (χ2v) is 4.94. The number of rotatable bonds is 4. The molecule has 4 heteroatoms. The van der Waals surface area contributed by atoms with Crippen LogP contribution in [0.4, 0.5) is 4.39 Å². The fourth-order valence-electron chi connectivity index (χ4n) is 2.20. The molecule has 1 fully saturated rings. The molecule has 0 spiro atoms. The molecule has 0 aromatic heterocycles. The smallest absolute Gasteiger partial charge is 0.145 e. The van der Waals surface area contributed by atoms with Crippen LogP contribution in [0.3, 0.4) is 0 Å². The second-order valence-electron chi connectivity index (χ2n) is 4.54. The topological polar surface area (TPSA) is 29.5 Å². The van der Waals surface area contributed by atoms with Gasteiger partial charge in [-0.1, -0.05) is 23.7 Å². The molecular weight excluding hydrogens is 243 g/mol. The third-order valence-corrected chi connectivity index (χ3v) is 3.41. The van der Waals surface area contributed by atoms with Gasteiger partial charge in [0.05, 0.1) is 11.1 Å². The molecule has 94 valence electrons. The Morgan fingerprint density at radius 3 is 3.06 bits per heavy atom. The first-order chi connectivity index (χ1) is 8.16. The fourth-order valence-corrected chi connectivity index (χ4v) is 2.39. The average Bonchev–Trinajstić information content (AvgIpc) is 2.77. The van der Waals surface area contributed by atoms with Crippen LogP contribution < -0.4 is 0 Å². The Morgan fingerprint density at radius 1 is 1.53 bits per heavy atom. The summed E-state index contributed by atoms with van der Waals surface area (Å²) in [6.07, 6.45) is 1.42. The number of benzene rings is 1. The quantitative estimate of drug-likeness (QED) is 0.900. The second kappa shape index (κ2) is 5.80. The highest BCUT2D eigenvalue weighted by atomic mass is 35.5.